The zero-order valence-electron chi connectivity index (χ0n) is 11.3. The molecule has 0 aliphatic heterocycles. The molecule has 0 saturated heterocycles. The minimum absolute atomic E-state index is 0.609. The largest absolute Gasteiger partial charge is 0.382 e. The molecule has 0 fully saturated rings. The van der Waals surface area contributed by atoms with Crippen molar-refractivity contribution in [3.63, 3.8) is 0 Å². The molecular weight excluding hydrogens is 262 g/mol. The van der Waals surface area contributed by atoms with Gasteiger partial charge in [0.1, 0.15) is 16.5 Å². The molecule has 0 atom stereocenters. The molecular formula is C13H19N3O2S. The standard InChI is InChI=1S/C13H19N3O2S/c1-3-14-12-10-5-9-19-13(10)16-11(15-12)4-6-18-8-7-17-2/h5,9H,3-4,6-8H2,1-2H3,(H,14,15,16). The summed E-state index contributed by atoms with van der Waals surface area (Å²) in [5, 5.41) is 6.42. The van der Waals surface area contributed by atoms with Gasteiger partial charge in [-0.1, -0.05) is 0 Å². The summed E-state index contributed by atoms with van der Waals surface area (Å²) in [6, 6.07) is 2.05. The van der Waals surface area contributed by atoms with Gasteiger partial charge in [0.2, 0.25) is 0 Å². The summed E-state index contributed by atoms with van der Waals surface area (Å²) in [6.07, 6.45) is 0.718. The highest BCUT2D eigenvalue weighted by Gasteiger charge is 2.08. The molecule has 0 aliphatic rings. The third-order valence-electron chi connectivity index (χ3n) is 2.62. The van der Waals surface area contributed by atoms with Crippen molar-refractivity contribution in [1.29, 1.82) is 0 Å². The number of fused-ring (bicyclic) bond motifs is 1. The second-order valence-corrected chi connectivity index (χ2v) is 4.91. The van der Waals surface area contributed by atoms with Gasteiger partial charge >= 0.3 is 0 Å². The number of thiophene rings is 1. The van der Waals surface area contributed by atoms with E-state index >= 15 is 0 Å². The number of nitrogens with one attached hydrogen (secondary N) is 1. The molecule has 5 nitrogen and oxygen atoms in total. The molecule has 19 heavy (non-hydrogen) atoms. The van der Waals surface area contributed by atoms with Crippen LogP contribution in [-0.4, -0.2) is 43.4 Å². The number of hydrogen-bond donors (Lipinski definition) is 1. The first-order chi connectivity index (χ1) is 9.35. The van der Waals surface area contributed by atoms with Crippen molar-refractivity contribution in [3.8, 4) is 0 Å². The lowest BCUT2D eigenvalue weighted by atomic mass is 10.3. The lowest BCUT2D eigenvalue weighted by Gasteiger charge is -2.07. The van der Waals surface area contributed by atoms with Crippen LogP contribution in [-0.2, 0) is 15.9 Å². The highest BCUT2D eigenvalue weighted by molar-refractivity contribution is 7.16. The topological polar surface area (TPSA) is 56.3 Å². The van der Waals surface area contributed by atoms with Crippen molar-refractivity contribution in [2.24, 2.45) is 0 Å². The van der Waals surface area contributed by atoms with E-state index in [1.807, 2.05) is 5.38 Å². The van der Waals surface area contributed by atoms with E-state index in [4.69, 9.17) is 9.47 Å². The summed E-state index contributed by atoms with van der Waals surface area (Å²) < 4.78 is 10.4. The van der Waals surface area contributed by atoms with Crippen LogP contribution < -0.4 is 5.32 Å². The van der Waals surface area contributed by atoms with Crippen LogP contribution >= 0.6 is 11.3 Å². The normalized spacial score (nSPS) is 11.1. The van der Waals surface area contributed by atoms with Crippen molar-refractivity contribution >= 4 is 27.4 Å². The molecule has 0 saturated carbocycles. The Balaban J connectivity index is 2.02. The predicted octanol–water partition coefficient (Wildman–Crippen LogP) is 2.33. The predicted molar refractivity (Wildman–Crippen MR) is 78.0 cm³/mol. The lowest BCUT2D eigenvalue weighted by Crippen LogP contribution is -2.08. The highest BCUT2D eigenvalue weighted by atomic mass is 32.1. The van der Waals surface area contributed by atoms with Crippen LogP contribution in [0.4, 0.5) is 5.82 Å². The molecule has 0 radical (unpaired) electrons. The third-order valence-corrected chi connectivity index (χ3v) is 3.42. The number of hydrogen-bond acceptors (Lipinski definition) is 6. The van der Waals surface area contributed by atoms with Gasteiger partial charge in [0.05, 0.1) is 25.2 Å². The van der Waals surface area contributed by atoms with E-state index in [1.165, 1.54) is 0 Å². The molecule has 2 rings (SSSR count). The molecule has 0 aliphatic carbocycles. The number of aromatic nitrogens is 2. The maximum absolute atomic E-state index is 5.45. The van der Waals surface area contributed by atoms with Crippen LogP contribution in [0, 0.1) is 0 Å². The molecule has 104 valence electrons. The fourth-order valence-corrected chi connectivity index (χ4v) is 2.50. The zero-order valence-corrected chi connectivity index (χ0v) is 12.1. The lowest BCUT2D eigenvalue weighted by molar-refractivity contribution is 0.0717. The summed E-state index contributed by atoms with van der Waals surface area (Å²) in [4.78, 5) is 10.1. The van der Waals surface area contributed by atoms with Crippen LogP contribution in [0.3, 0.4) is 0 Å². The Morgan fingerprint density at radius 3 is 2.95 bits per heavy atom. The van der Waals surface area contributed by atoms with Gasteiger partial charge in [0, 0.05) is 20.1 Å². The first-order valence-electron chi connectivity index (χ1n) is 6.39. The van der Waals surface area contributed by atoms with Gasteiger partial charge < -0.3 is 14.8 Å². The average molecular weight is 281 g/mol. The molecule has 2 aromatic rings. The van der Waals surface area contributed by atoms with E-state index in [2.05, 4.69) is 28.3 Å². The van der Waals surface area contributed by atoms with E-state index in [-0.39, 0.29) is 0 Å². The van der Waals surface area contributed by atoms with E-state index in [1.54, 1.807) is 18.4 Å². The maximum Gasteiger partial charge on any atom is 0.138 e. The van der Waals surface area contributed by atoms with Crippen LogP contribution in [0.5, 0.6) is 0 Å². The molecule has 0 amide bonds. The Morgan fingerprint density at radius 1 is 1.26 bits per heavy atom. The van der Waals surface area contributed by atoms with E-state index in [0.717, 1.165) is 34.8 Å². The Bertz CT molecular complexity index is 516. The highest BCUT2D eigenvalue weighted by Crippen LogP contribution is 2.24. The molecule has 2 heterocycles. The zero-order chi connectivity index (χ0) is 13.5. The van der Waals surface area contributed by atoms with E-state index in [9.17, 15) is 0 Å². The molecule has 0 aromatic carbocycles. The van der Waals surface area contributed by atoms with Crippen LogP contribution in [0.15, 0.2) is 11.4 Å². The molecule has 2 aromatic heterocycles. The van der Waals surface area contributed by atoms with Gasteiger partial charge in [-0.15, -0.1) is 11.3 Å². The van der Waals surface area contributed by atoms with Crippen LogP contribution in [0.25, 0.3) is 10.2 Å². The van der Waals surface area contributed by atoms with Gasteiger partial charge in [-0.25, -0.2) is 9.97 Å². The number of nitrogens with zero attached hydrogens (tertiary/aromatic N) is 2. The molecule has 0 unspecified atom stereocenters. The second kappa shape index (κ2) is 7.37. The van der Waals surface area contributed by atoms with Gasteiger partial charge in [0.15, 0.2) is 0 Å². The van der Waals surface area contributed by atoms with E-state index in [0.29, 0.717) is 19.8 Å². The number of rotatable bonds is 8. The number of ether oxygens (including phenoxy) is 2. The van der Waals surface area contributed by atoms with Crippen molar-refractivity contribution in [2.45, 2.75) is 13.3 Å². The Morgan fingerprint density at radius 2 is 2.16 bits per heavy atom. The average Bonchev–Trinajstić information content (AvgIpc) is 2.87. The smallest absolute Gasteiger partial charge is 0.138 e. The Hall–Kier alpha value is -1.24. The Kier molecular flexibility index (Phi) is 5.50. The van der Waals surface area contributed by atoms with Gasteiger partial charge in [-0.05, 0) is 18.4 Å². The quantitative estimate of drug-likeness (QED) is 0.753. The molecule has 6 heteroatoms. The summed E-state index contributed by atoms with van der Waals surface area (Å²) in [5.41, 5.74) is 0. The van der Waals surface area contributed by atoms with Gasteiger partial charge in [-0.3, -0.25) is 0 Å². The molecule has 0 spiro atoms. The minimum Gasteiger partial charge on any atom is -0.382 e. The summed E-state index contributed by atoms with van der Waals surface area (Å²) >= 11 is 1.64. The van der Waals surface area contributed by atoms with Crippen LogP contribution in [0.2, 0.25) is 0 Å². The van der Waals surface area contributed by atoms with Crippen molar-refractivity contribution < 1.29 is 9.47 Å². The first-order valence-corrected chi connectivity index (χ1v) is 7.27. The van der Waals surface area contributed by atoms with E-state index < -0.39 is 0 Å². The summed E-state index contributed by atoms with van der Waals surface area (Å²) in [7, 11) is 1.67. The monoisotopic (exact) mass is 281 g/mol. The SMILES string of the molecule is CCNc1nc(CCOCCOC)nc2sccc12. The Labute approximate surface area is 117 Å². The first kappa shape index (κ1) is 14.2. The van der Waals surface area contributed by atoms with Gasteiger partial charge in [-0.2, -0.15) is 0 Å². The van der Waals surface area contributed by atoms with Crippen molar-refractivity contribution in [1.82, 2.24) is 9.97 Å². The fourth-order valence-electron chi connectivity index (χ4n) is 1.72. The molecule has 1 N–H and O–H groups in total. The minimum atomic E-state index is 0.609. The van der Waals surface area contributed by atoms with Crippen molar-refractivity contribution in [3.05, 3.63) is 17.3 Å². The van der Waals surface area contributed by atoms with Crippen LogP contribution in [0.1, 0.15) is 12.7 Å². The number of methoxy groups -OCH3 is 1. The fraction of sp³-hybridized carbons (Fsp3) is 0.538. The van der Waals surface area contributed by atoms with Crippen molar-refractivity contribution in [2.75, 3.05) is 38.8 Å². The summed E-state index contributed by atoms with van der Waals surface area (Å²) in [6.45, 7) is 4.76. The molecule has 0 bridgehead atoms. The van der Waals surface area contributed by atoms with Gasteiger partial charge in [0.25, 0.3) is 0 Å². The number of anilines is 1. The third kappa shape index (κ3) is 3.86. The second-order valence-electron chi connectivity index (χ2n) is 4.01. The maximum atomic E-state index is 5.45. The summed E-state index contributed by atoms with van der Waals surface area (Å²) in [5.74, 6) is 1.74.